The molecule has 0 unspecified atom stereocenters. The molecule has 126 valence electrons. The van der Waals surface area contributed by atoms with Gasteiger partial charge in [-0.25, -0.2) is 9.78 Å². The highest BCUT2D eigenvalue weighted by atomic mass is 16.5. The molecule has 2 aromatic rings. The molecule has 0 atom stereocenters. The molecule has 1 aromatic heterocycles. The molecule has 2 heterocycles. The maximum Gasteiger partial charge on any atom is 0.338 e. The average Bonchev–Trinajstić information content (AvgIpc) is 2.54. The Hall–Kier alpha value is -2.43. The van der Waals surface area contributed by atoms with Crippen molar-refractivity contribution in [3.05, 3.63) is 52.1 Å². The van der Waals surface area contributed by atoms with Gasteiger partial charge in [-0.05, 0) is 43.5 Å². The second-order valence-corrected chi connectivity index (χ2v) is 6.41. The Bertz CT molecular complexity index is 852. The number of aryl methyl sites for hydroxylation is 1. The Morgan fingerprint density at radius 2 is 2.08 bits per heavy atom. The van der Waals surface area contributed by atoms with E-state index in [4.69, 9.17) is 4.74 Å². The van der Waals surface area contributed by atoms with E-state index in [1.54, 1.807) is 29.7 Å². The van der Waals surface area contributed by atoms with E-state index >= 15 is 0 Å². The van der Waals surface area contributed by atoms with Crippen LogP contribution in [-0.2, 0) is 17.7 Å². The van der Waals surface area contributed by atoms with Gasteiger partial charge in [-0.1, -0.05) is 19.4 Å². The number of hydrogen-bond donors (Lipinski definition) is 0. The van der Waals surface area contributed by atoms with E-state index in [0.29, 0.717) is 16.5 Å². The molecular weight excluding hydrogens is 304 g/mol. The van der Waals surface area contributed by atoms with E-state index < -0.39 is 5.97 Å². The number of rotatable bonds is 3. The Labute approximate surface area is 141 Å². The number of ether oxygens (including phenoxy) is 1. The summed E-state index contributed by atoms with van der Waals surface area (Å²) in [4.78, 5) is 29.5. The van der Waals surface area contributed by atoms with Gasteiger partial charge >= 0.3 is 5.97 Å². The maximum atomic E-state index is 12.7. The maximum absolute atomic E-state index is 12.7. The van der Waals surface area contributed by atoms with Gasteiger partial charge in [-0.15, -0.1) is 0 Å². The van der Waals surface area contributed by atoms with Crippen molar-refractivity contribution in [2.24, 2.45) is 0 Å². The predicted molar refractivity (Wildman–Crippen MR) is 93.3 cm³/mol. The van der Waals surface area contributed by atoms with Gasteiger partial charge in [0.1, 0.15) is 12.4 Å². The van der Waals surface area contributed by atoms with Gasteiger partial charge in [0.25, 0.3) is 5.56 Å². The minimum Gasteiger partial charge on any atom is -0.458 e. The molecule has 5 nitrogen and oxygen atoms in total. The summed E-state index contributed by atoms with van der Waals surface area (Å²) in [6, 6.07) is 4.95. The number of esters is 1. The molecule has 0 N–H and O–H groups in total. The monoisotopic (exact) mass is 326 g/mol. The Morgan fingerprint density at radius 3 is 2.88 bits per heavy atom. The van der Waals surface area contributed by atoms with Gasteiger partial charge in [0.2, 0.25) is 0 Å². The SMILES string of the molecule is C=C(C)COC(=O)c1ccc2c(=O)n3c(nc2c1)CCCCCC3. The smallest absolute Gasteiger partial charge is 0.338 e. The van der Waals surface area contributed by atoms with Crippen molar-refractivity contribution in [2.45, 2.75) is 45.6 Å². The second kappa shape index (κ2) is 6.99. The van der Waals surface area contributed by atoms with E-state index in [1.165, 1.54) is 6.42 Å². The highest BCUT2D eigenvalue weighted by Crippen LogP contribution is 2.17. The molecule has 0 amide bonds. The zero-order valence-electron chi connectivity index (χ0n) is 14.0. The summed E-state index contributed by atoms with van der Waals surface area (Å²) >= 11 is 0. The van der Waals surface area contributed by atoms with E-state index in [0.717, 1.165) is 43.6 Å². The lowest BCUT2D eigenvalue weighted by atomic mass is 10.1. The van der Waals surface area contributed by atoms with Gasteiger partial charge in [-0.2, -0.15) is 0 Å². The first-order valence-corrected chi connectivity index (χ1v) is 8.41. The van der Waals surface area contributed by atoms with Gasteiger partial charge < -0.3 is 4.74 Å². The van der Waals surface area contributed by atoms with Crippen LogP contribution < -0.4 is 5.56 Å². The predicted octanol–water partition coefficient (Wildman–Crippen LogP) is 3.25. The van der Waals surface area contributed by atoms with Crippen molar-refractivity contribution in [3.63, 3.8) is 0 Å². The second-order valence-electron chi connectivity index (χ2n) is 6.41. The lowest BCUT2D eigenvalue weighted by Crippen LogP contribution is -2.26. The highest BCUT2D eigenvalue weighted by molar-refractivity contribution is 5.94. The van der Waals surface area contributed by atoms with Crippen LogP contribution in [0, 0.1) is 0 Å². The van der Waals surface area contributed by atoms with E-state index in [1.807, 2.05) is 0 Å². The van der Waals surface area contributed by atoms with Crippen LogP contribution in [0.1, 0.15) is 48.8 Å². The molecule has 1 aliphatic rings. The third-order valence-corrected chi connectivity index (χ3v) is 4.25. The van der Waals surface area contributed by atoms with Gasteiger partial charge in [0.15, 0.2) is 0 Å². The summed E-state index contributed by atoms with van der Waals surface area (Å²) in [6.07, 6.45) is 5.16. The molecule has 0 bridgehead atoms. The van der Waals surface area contributed by atoms with Crippen LogP contribution >= 0.6 is 0 Å². The van der Waals surface area contributed by atoms with Crippen LogP contribution in [0.15, 0.2) is 35.1 Å². The molecule has 0 fully saturated rings. The standard InChI is InChI=1S/C19H22N2O3/c1-13(2)12-24-19(23)14-8-9-15-16(11-14)20-17-7-5-3-4-6-10-21(17)18(15)22/h8-9,11H,1,3-7,10,12H2,2H3. The lowest BCUT2D eigenvalue weighted by molar-refractivity contribution is 0.0540. The fraction of sp³-hybridized carbons (Fsp3) is 0.421. The van der Waals surface area contributed by atoms with Crippen molar-refractivity contribution in [3.8, 4) is 0 Å². The summed E-state index contributed by atoms with van der Waals surface area (Å²) in [5.41, 5.74) is 1.74. The molecule has 24 heavy (non-hydrogen) atoms. The molecule has 0 spiro atoms. The molecule has 5 heteroatoms. The third kappa shape index (κ3) is 3.40. The van der Waals surface area contributed by atoms with E-state index in [2.05, 4.69) is 11.6 Å². The number of carbonyl (C=O) groups is 1. The molecule has 0 saturated carbocycles. The number of benzene rings is 1. The topological polar surface area (TPSA) is 61.2 Å². The Morgan fingerprint density at radius 1 is 1.29 bits per heavy atom. The first-order chi connectivity index (χ1) is 11.6. The minimum absolute atomic E-state index is 0.0150. The molecule has 3 rings (SSSR count). The summed E-state index contributed by atoms with van der Waals surface area (Å²) in [6.45, 7) is 6.43. The molecule has 1 aliphatic heterocycles. The Balaban J connectivity index is 2.00. The molecule has 0 aliphatic carbocycles. The number of hydrogen-bond acceptors (Lipinski definition) is 4. The first kappa shape index (κ1) is 16.4. The zero-order valence-corrected chi connectivity index (χ0v) is 14.0. The number of nitrogens with zero attached hydrogens (tertiary/aromatic N) is 2. The molecule has 1 aromatic carbocycles. The average molecular weight is 326 g/mol. The van der Waals surface area contributed by atoms with Crippen molar-refractivity contribution in [2.75, 3.05) is 6.61 Å². The molecule has 0 saturated heterocycles. The molecule has 0 radical (unpaired) electrons. The van der Waals surface area contributed by atoms with Gasteiger partial charge in [-0.3, -0.25) is 9.36 Å². The summed E-state index contributed by atoms with van der Waals surface area (Å²) in [7, 11) is 0. The largest absolute Gasteiger partial charge is 0.458 e. The van der Waals surface area contributed by atoms with E-state index in [-0.39, 0.29) is 12.2 Å². The van der Waals surface area contributed by atoms with Gasteiger partial charge in [0.05, 0.1) is 16.5 Å². The van der Waals surface area contributed by atoms with Crippen molar-refractivity contribution in [1.82, 2.24) is 9.55 Å². The van der Waals surface area contributed by atoms with Crippen molar-refractivity contribution < 1.29 is 9.53 Å². The Kier molecular flexibility index (Phi) is 4.79. The fourth-order valence-corrected chi connectivity index (χ4v) is 2.99. The number of carbonyl (C=O) groups excluding carboxylic acids is 1. The molecular formula is C19H22N2O3. The summed E-state index contributed by atoms with van der Waals surface area (Å²) < 4.78 is 6.96. The minimum atomic E-state index is -0.423. The van der Waals surface area contributed by atoms with Gasteiger partial charge in [0, 0.05) is 13.0 Å². The van der Waals surface area contributed by atoms with Crippen LogP contribution in [0.3, 0.4) is 0 Å². The quantitative estimate of drug-likeness (QED) is 0.642. The highest BCUT2D eigenvalue weighted by Gasteiger charge is 2.15. The van der Waals surface area contributed by atoms with Crippen molar-refractivity contribution in [1.29, 1.82) is 0 Å². The summed E-state index contributed by atoms with van der Waals surface area (Å²) in [5, 5.41) is 0.552. The first-order valence-electron chi connectivity index (χ1n) is 8.41. The third-order valence-electron chi connectivity index (χ3n) is 4.25. The lowest BCUT2D eigenvalue weighted by Gasteiger charge is -2.16. The van der Waals surface area contributed by atoms with Crippen LogP contribution in [0.25, 0.3) is 10.9 Å². The van der Waals surface area contributed by atoms with Crippen LogP contribution in [0.5, 0.6) is 0 Å². The fourth-order valence-electron chi connectivity index (χ4n) is 2.99. The number of aromatic nitrogens is 2. The van der Waals surface area contributed by atoms with Crippen LogP contribution in [-0.4, -0.2) is 22.1 Å². The number of fused-ring (bicyclic) bond motifs is 2. The summed E-state index contributed by atoms with van der Waals surface area (Å²) in [5.74, 6) is 0.396. The van der Waals surface area contributed by atoms with Crippen LogP contribution in [0.2, 0.25) is 0 Å². The zero-order chi connectivity index (χ0) is 17.1. The van der Waals surface area contributed by atoms with Crippen molar-refractivity contribution >= 4 is 16.9 Å². The normalized spacial score (nSPS) is 14.5. The van der Waals surface area contributed by atoms with E-state index in [9.17, 15) is 9.59 Å². The van der Waals surface area contributed by atoms with Crippen LogP contribution in [0.4, 0.5) is 0 Å².